The molecule has 0 unspecified atom stereocenters. The number of aromatic nitrogens is 2. The van der Waals surface area contributed by atoms with Crippen LogP contribution in [0.1, 0.15) is 24.2 Å². The Morgan fingerprint density at radius 3 is 2.61 bits per heavy atom. The molecule has 1 aromatic heterocycles. The molecular weight excluding hydrogens is 472 g/mol. The highest BCUT2D eigenvalue weighted by atomic mass is 127. The lowest BCUT2D eigenvalue weighted by atomic mass is 10.1. The van der Waals surface area contributed by atoms with Gasteiger partial charge in [-0.1, -0.05) is 39.1 Å². The molecule has 1 N–H and O–H groups in total. The van der Waals surface area contributed by atoms with Gasteiger partial charge in [-0.25, -0.2) is 19.2 Å². The molecule has 3 aromatic rings. The van der Waals surface area contributed by atoms with E-state index in [2.05, 4.69) is 18.4 Å². The van der Waals surface area contributed by atoms with E-state index < -0.39 is 26.7 Å². The van der Waals surface area contributed by atoms with Gasteiger partial charge >= 0.3 is 5.97 Å². The van der Waals surface area contributed by atoms with Crippen molar-refractivity contribution in [3.8, 4) is 11.3 Å². The molecule has 5 nitrogen and oxygen atoms in total. The van der Waals surface area contributed by atoms with E-state index >= 15 is 0 Å². The fourth-order valence-corrected chi connectivity index (χ4v) is 4.12. The number of hydrogen-bond donors (Lipinski definition) is 1. The molecule has 7 heteroatoms. The van der Waals surface area contributed by atoms with Crippen LogP contribution in [0.5, 0.6) is 0 Å². The van der Waals surface area contributed by atoms with E-state index in [-0.39, 0.29) is 11.4 Å². The maximum absolute atomic E-state index is 14.0. The van der Waals surface area contributed by atoms with Gasteiger partial charge in [0.15, 0.2) is 5.82 Å². The summed E-state index contributed by atoms with van der Waals surface area (Å²) in [6, 6.07) is 9.63. The summed E-state index contributed by atoms with van der Waals surface area (Å²) in [7, 11) is 1.93. The Hall–Kier alpha value is -2.42. The van der Waals surface area contributed by atoms with Crippen LogP contribution >= 0.6 is 20.7 Å². The van der Waals surface area contributed by atoms with Crippen LogP contribution in [-0.2, 0) is 0 Å². The van der Waals surface area contributed by atoms with Crippen LogP contribution in [-0.4, -0.2) is 39.2 Å². The van der Waals surface area contributed by atoms with Crippen LogP contribution in [0.15, 0.2) is 36.4 Å². The highest BCUT2D eigenvalue weighted by Crippen LogP contribution is 2.32. The van der Waals surface area contributed by atoms with Crippen molar-refractivity contribution in [1.82, 2.24) is 9.97 Å². The molecule has 146 valence electrons. The topological polar surface area (TPSA) is 66.3 Å². The normalized spacial score (nSPS) is 11.2. The average molecular weight is 493 g/mol. The fraction of sp³-hybridized carbons (Fsp3) is 0.238. The summed E-state index contributed by atoms with van der Waals surface area (Å²) in [5, 5.41) is 9.26. The third-order valence-corrected chi connectivity index (χ3v) is 5.88. The van der Waals surface area contributed by atoms with E-state index in [1.54, 1.807) is 18.2 Å². The van der Waals surface area contributed by atoms with E-state index in [1.807, 2.05) is 11.9 Å². The number of carboxylic acids is 1. The van der Waals surface area contributed by atoms with Crippen molar-refractivity contribution in [2.75, 3.05) is 18.5 Å². The first-order valence-electron chi connectivity index (χ1n) is 8.74. The molecule has 28 heavy (non-hydrogen) atoms. The molecule has 2 aromatic carbocycles. The van der Waals surface area contributed by atoms with Gasteiger partial charge in [-0.15, -0.1) is 0 Å². The first-order chi connectivity index (χ1) is 13.3. The van der Waals surface area contributed by atoms with Crippen LogP contribution in [0.2, 0.25) is 0 Å². The van der Waals surface area contributed by atoms with Gasteiger partial charge < -0.3 is 10.0 Å². The molecule has 0 fully saturated rings. The van der Waals surface area contributed by atoms with Gasteiger partial charge in [0.25, 0.3) is 0 Å². The highest BCUT2D eigenvalue weighted by molar-refractivity contribution is 14.2. The maximum atomic E-state index is 14.0. The zero-order valence-corrected chi connectivity index (χ0v) is 18.1. The number of fused-ring (bicyclic) bond motifs is 1. The lowest BCUT2D eigenvalue weighted by Gasteiger charge is -2.23. The maximum Gasteiger partial charge on any atom is 0.335 e. The predicted octanol–water partition coefficient (Wildman–Crippen LogP) is 4.80. The monoisotopic (exact) mass is 493 g/mol. The van der Waals surface area contributed by atoms with Crippen LogP contribution < -0.4 is 4.90 Å². The second-order valence-corrected chi connectivity index (χ2v) is 8.87. The quantitative estimate of drug-likeness (QED) is 0.500. The number of halogens is 2. The summed E-state index contributed by atoms with van der Waals surface area (Å²) in [6.07, 6.45) is 0. The van der Waals surface area contributed by atoms with Crippen molar-refractivity contribution in [1.29, 1.82) is 0 Å². The molecule has 0 saturated carbocycles. The third kappa shape index (κ3) is 4.19. The Balaban J connectivity index is 2.25. The van der Waals surface area contributed by atoms with Crippen molar-refractivity contribution in [3.05, 3.63) is 51.3 Å². The number of hydrogen-bond acceptors (Lipinski definition) is 4. The molecule has 0 bridgehead atoms. The molecule has 1 heterocycles. The molecule has 0 aliphatic heterocycles. The van der Waals surface area contributed by atoms with E-state index in [9.17, 15) is 14.3 Å². The molecule has 0 atom stereocenters. The highest BCUT2D eigenvalue weighted by Gasteiger charge is 2.18. The number of carboxylic acid groups (broad SMARTS) is 1. The lowest BCUT2D eigenvalue weighted by Crippen LogP contribution is -2.24. The smallest absolute Gasteiger partial charge is 0.335 e. The molecule has 0 amide bonds. The SMILES string of the molecule is C=Ic1cc(-c2nc3ccc(C(=O)O)cc3nc2N(C)CC(C)C)ccc1F. The van der Waals surface area contributed by atoms with Crippen LogP contribution in [0.3, 0.4) is 0 Å². The zero-order chi connectivity index (χ0) is 20.4. The largest absolute Gasteiger partial charge is 0.478 e. The van der Waals surface area contributed by atoms with Crippen molar-refractivity contribution in [2.45, 2.75) is 13.8 Å². The van der Waals surface area contributed by atoms with Gasteiger partial charge in [-0.2, -0.15) is 0 Å². The van der Waals surface area contributed by atoms with Crippen LogP contribution in [0.4, 0.5) is 10.2 Å². The molecule has 3 rings (SSSR count). The molecular formula is C21H21FIN3O2. The average Bonchev–Trinajstić information content (AvgIpc) is 2.66. The number of nitrogens with zero attached hydrogens (tertiary/aromatic N) is 3. The number of rotatable bonds is 6. The minimum absolute atomic E-state index is 0.165. The van der Waals surface area contributed by atoms with E-state index in [4.69, 9.17) is 9.97 Å². The number of anilines is 1. The van der Waals surface area contributed by atoms with E-state index in [0.29, 0.717) is 32.0 Å². The summed E-state index contributed by atoms with van der Waals surface area (Å²) < 4.78 is 18.5. The molecule has 0 spiro atoms. The van der Waals surface area contributed by atoms with Gasteiger partial charge in [0.05, 0.1) is 16.6 Å². The Kier molecular flexibility index (Phi) is 6.02. The first kappa shape index (κ1) is 20.3. The van der Waals surface area contributed by atoms with Gasteiger partial charge in [0, 0.05) is 22.7 Å². The zero-order valence-electron chi connectivity index (χ0n) is 15.9. The van der Waals surface area contributed by atoms with Crippen LogP contribution in [0, 0.1) is 15.3 Å². The first-order valence-corrected chi connectivity index (χ1v) is 11.3. The van der Waals surface area contributed by atoms with Gasteiger partial charge in [0.1, 0.15) is 11.5 Å². The Morgan fingerprint density at radius 2 is 1.96 bits per heavy atom. The second-order valence-electron chi connectivity index (χ2n) is 6.94. The molecule has 0 radical (unpaired) electrons. The van der Waals surface area contributed by atoms with Crippen molar-refractivity contribution in [2.24, 2.45) is 5.92 Å². The number of benzene rings is 2. The molecule has 0 aliphatic rings. The van der Waals surface area contributed by atoms with Crippen molar-refractivity contribution >= 4 is 48.1 Å². The summed E-state index contributed by atoms with van der Waals surface area (Å²) in [6.45, 7) is 4.97. The number of carbonyl (C=O) groups is 1. The lowest BCUT2D eigenvalue weighted by molar-refractivity contribution is 0.0697. The Morgan fingerprint density at radius 1 is 1.21 bits per heavy atom. The van der Waals surface area contributed by atoms with E-state index in [0.717, 1.165) is 12.1 Å². The van der Waals surface area contributed by atoms with Gasteiger partial charge in [0.2, 0.25) is 0 Å². The predicted molar refractivity (Wildman–Crippen MR) is 120 cm³/mol. The minimum Gasteiger partial charge on any atom is -0.478 e. The summed E-state index contributed by atoms with van der Waals surface area (Å²) in [5.41, 5.74) is 2.70. The van der Waals surface area contributed by atoms with Crippen molar-refractivity contribution in [3.63, 3.8) is 0 Å². The van der Waals surface area contributed by atoms with Gasteiger partial charge in [-0.3, -0.25) is 0 Å². The number of aromatic carboxylic acids is 1. The third-order valence-electron chi connectivity index (χ3n) is 4.23. The Labute approximate surface area is 173 Å². The summed E-state index contributed by atoms with van der Waals surface area (Å²) in [4.78, 5) is 22.8. The van der Waals surface area contributed by atoms with Crippen molar-refractivity contribution < 1.29 is 14.3 Å². The minimum atomic E-state index is -1.01. The molecule has 0 saturated heterocycles. The standard InChI is InChI=1S/C21H21FIN3O2/c1-12(2)11-26(4)20-19(13-5-7-15(22)16(9-13)23-3)24-17-8-6-14(21(27)28)10-18(17)25-20/h5-10,12H,3,11H2,1-2,4H3,(H,27,28). The molecule has 0 aliphatic carbocycles. The fourth-order valence-electron chi connectivity index (χ4n) is 3.02. The van der Waals surface area contributed by atoms with Gasteiger partial charge in [-0.05, 0) is 42.3 Å². The second kappa shape index (κ2) is 8.30. The summed E-state index contributed by atoms with van der Waals surface area (Å²) >= 11 is -0.660. The van der Waals surface area contributed by atoms with Crippen LogP contribution in [0.25, 0.3) is 22.3 Å². The van der Waals surface area contributed by atoms with E-state index in [1.165, 1.54) is 18.2 Å². The Bertz CT molecular complexity index is 1070. The summed E-state index contributed by atoms with van der Waals surface area (Å²) in [5.74, 6) is -0.213.